The van der Waals surface area contributed by atoms with E-state index in [-0.39, 0.29) is 5.02 Å². The molecule has 1 N–H and O–H groups in total. The van der Waals surface area contributed by atoms with Gasteiger partial charge >= 0.3 is 47.6 Å². The molecule has 0 spiro atoms. The summed E-state index contributed by atoms with van der Waals surface area (Å²) in [6.07, 6.45) is -7.69. The van der Waals surface area contributed by atoms with Gasteiger partial charge < -0.3 is 5.32 Å². The molecule has 0 heterocycles. The Hall–Kier alpha value is -2.07. The average molecular weight is 524 g/mol. The lowest BCUT2D eigenvalue weighted by Gasteiger charge is -2.41. The Kier molecular flexibility index (Phi) is 6.78. The third-order valence-corrected chi connectivity index (χ3v) is 3.97. The number of rotatable bonds is 7. The molecule has 0 aliphatic heterocycles. The van der Waals surface area contributed by atoms with Crippen LogP contribution >= 0.6 is 11.6 Å². The number of nitrogens with one attached hydrogen (secondary N) is 1. The lowest BCUT2D eigenvalue weighted by molar-refractivity contribution is -0.449. The van der Waals surface area contributed by atoms with Crippen molar-refractivity contribution in [3.63, 3.8) is 0 Å². The van der Waals surface area contributed by atoms with Crippen molar-refractivity contribution in [3.05, 3.63) is 29.3 Å². The molecule has 1 rings (SSSR count). The molecule has 0 saturated heterocycles. The second kappa shape index (κ2) is 7.76. The summed E-state index contributed by atoms with van der Waals surface area (Å²) < 4.78 is 196. The van der Waals surface area contributed by atoms with Gasteiger partial charge in [-0.05, 0) is 24.3 Å². The standard InChI is InChI=1S/C14H5ClF15NO/c15-5-1-3-6(4-2-5)31-7(32)8(16,17)9(18,19)10(20,21)11(22,23)12(24,25)13(26,27)14(28,29)30/h1-4H,(H,31,32). The fraction of sp³-hybridized carbons (Fsp3) is 0.500. The maximum absolute atomic E-state index is 13.6. The molecule has 0 saturated carbocycles. The van der Waals surface area contributed by atoms with Crippen molar-refractivity contribution in [1.82, 2.24) is 0 Å². The molecule has 0 radical (unpaired) electrons. The minimum Gasteiger partial charge on any atom is -0.321 e. The van der Waals surface area contributed by atoms with E-state index in [0.717, 1.165) is 17.4 Å². The van der Waals surface area contributed by atoms with Gasteiger partial charge in [0.05, 0.1) is 0 Å². The van der Waals surface area contributed by atoms with Gasteiger partial charge in [-0.2, -0.15) is 65.9 Å². The van der Waals surface area contributed by atoms with Crippen molar-refractivity contribution in [2.24, 2.45) is 0 Å². The van der Waals surface area contributed by atoms with E-state index in [1.807, 2.05) is 0 Å². The maximum atomic E-state index is 13.6. The molecular formula is C14H5ClF15NO. The van der Waals surface area contributed by atoms with Crippen molar-refractivity contribution >= 4 is 23.2 Å². The van der Waals surface area contributed by atoms with Crippen LogP contribution < -0.4 is 5.32 Å². The Morgan fingerprint density at radius 2 is 0.938 bits per heavy atom. The van der Waals surface area contributed by atoms with Crippen LogP contribution in [0.3, 0.4) is 0 Å². The Bertz CT molecular complexity index is 847. The number of amides is 1. The van der Waals surface area contributed by atoms with Crippen molar-refractivity contribution in [2.75, 3.05) is 5.32 Å². The van der Waals surface area contributed by atoms with E-state index in [1.54, 1.807) is 0 Å². The first-order valence-corrected chi connectivity index (χ1v) is 7.68. The van der Waals surface area contributed by atoms with E-state index in [2.05, 4.69) is 0 Å². The predicted molar refractivity (Wildman–Crippen MR) is 75.8 cm³/mol. The second-order valence-corrected chi connectivity index (χ2v) is 6.34. The van der Waals surface area contributed by atoms with Crippen LogP contribution in [0.4, 0.5) is 71.5 Å². The fourth-order valence-electron chi connectivity index (χ4n) is 1.85. The highest BCUT2D eigenvalue weighted by Crippen LogP contribution is 2.62. The number of anilines is 1. The van der Waals surface area contributed by atoms with Gasteiger partial charge in [-0.3, -0.25) is 4.79 Å². The maximum Gasteiger partial charge on any atom is 0.460 e. The van der Waals surface area contributed by atoms with Gasteiger partial charge in [-0.1, -0.05) is 11.6 Å². The Balaban J connectivity index is 3.47. The number of hydrogen-bond acceptors (Lipinski definition) is 1. The SMILES string of the molecule is O=C(Nc1ccc(Cl)cc1)C(F)(F)C(F)(F)C(F)(F)C(F)(F)C(F)(F)C(F)(F)C(F)(F)F. The van der Waals surface area contributed by atoms with Crippen molar-refractivity contribution < 1.29 is 70.7 Å². The highest BCUT2D eigenvalue weighted by molar-refractivity contribution is 6.30. The zero-order chi connectivity index (χ0) is 25.8. The zero-order valence-corrected chi connectivity index (χ0v) is 15.0. The van der Waals surface area contributed by atoms with Gasteiger partial charge in [0.15, 0.2) is 0 Å². The van der Waals surface area contributed by atoms with Crippen LogP contribution in [0.2, 0.25) is 5.02 Å². The van der Waals surface area contributed by atoms with Crippen LogP contribution in [0.25, 0.3) is 0 Å². The van der Waals surface area contributed by atoms with Crippen molar-refractivity contribution in [3.8, 4) is 0 Å². The van der Waals surface area contributed by atoms with Crippen LogP contribution in [0, 0.1) is 0 Å². The Labute approximate surface area is 171 Å². The quantitative estimate of drug-likeness (QED) is 0.398. The summed E-state index contributed by atoms with van der Waals surface area (Å²) in [5.41, 5.74) is -0.890. The molecule has 0 atom stereocenters. The largest absolute Gasteiger partial charge is 0.460 e. The minimum absolute atomic E-state index is 0.140. The summed E-state index contributed by atoms with van der Waals surface area (Å²) in [6.45, 7) is 0. The fourth-order valence-corrected chi connectivity index (χ4v) is 1.98. The summed E-state index contributed by atoms with van der Waals surface area (Å²) in [6, 6.07) is 2.82. The number of carbonyl (C=O) groups is 1. The summed E-state index contributed by atoms with van der Waals surface area (Å²) in [7, 11) is 0. The van der Waals surface area contributed by atoms with Gasteiger partial charge in [0.25, 0.3) is 0 Å². The highest BCUT2D eigenvalue weighted by atomic mass is 35.5. The van der Waals surface area contributed by atoms with E-state index in [9.17, 15) is 70.7 Å². The number of benzene rings is 1. The van der Waals surface area contributed by atoms with Crippen LogP contribution in [0.5, 0.6) is 0 Å². The van der Waals surface area contributed by atoms with Gasteiger partial charge in [0.1, 0.15) is 0 Å². The molecule has 32 heavy (non-hydrogen) atoms. The van der Waals surface area contributed by atoms with Crippen LogP contribution in [0.15, 0.2) is 24.3 Å². The summed E-state index contributed by atoms with van der Waals surface area (Å²) in [5, 5.41) is 0.671. The molecule has 0 aromatic heterocycles. The number of halogens is 16. The van der Waals surface area contributed by atoms with Gasteiger partial charge in [0, 0.05) is 10.7 Å². The molecule has 1 aromatic carbocycles. The van der Waals surface area contributed by atoms with Gasteiger partial charge in [0.2, 0.25) is 0 Å². The van der Waals surface area contributed by atoms with E-state index in [1.165, 1.54) is 0 Å². The third-order valence-electron chi connectivity index (χ3n) is 3.71. The number of hydrogen-bond donors (Lipinski definition) is 1. The first kappa shape index (κ1) is 28.0. The average Bonchev–Trinajstić information content (AvgIpc) is 2.61. The molecule has 0 aliphatic carbocycles. The lowest BCUT2D eigenvalue weighted by Crippen LogP contribution is -2.73. The molecule has 1 amide bonds. The van der Waals surface area contributed by atoms with Crippen LogP contribution in [0.1, 0.15) is 0 Å². The predicted octanol–water partition coefficient (Wildman–Crippen LogP) is 6.65. The second-order valence-electron chi connectivity index (χ2n) is 5.91. The van der Waals surface area contributed by atoms with Gasteiger partial charge in [-0.25, -0.2) is 0 Å². The molecule has 0 unspecified atom stereocenters. The van der Waals surface area contributed by atoms with E-state index >= 15 is 0 Å². The molecule has 18 heteroatoms. The summed E-state index contributed by atoms with van der Waals surface area (Å²) in [4.78, 5) is 11.3. The molecule has 1 aromatic rings. The Morgan fingerprint density at radius 1 is 0.594 bits per heavy atom. The molecule has 0 fully saturated rings. The molecule has 184 valence electrons. The molecule has 0 aliphatic rings. The smallest absolute Gasteiger partial charge is 0.321 e. The molecule has 2 nitrogen and oxygen atoms in total. The summed E-state index contributed by atoms with van der Waals surface area (Å²) in [5.74, 6) is -51.7. The topological polar surface area (TPSA) is 29.1 Å². The normalized spacial score (nSPS) is 15.0. The van der Waals surface area contributed by atoms with Crippen LogP contribution in [-0.2, 0) is 4.79 Å². The lowest BCUT2D eigenvalue weighted by atomic mass is 9.91. The molecule has 0 bridgehead atoms. The third kappa shape index (κ3) is 3.91. The highest BCUT2D eigenvalue weighted by Gasteiger charge is 2.94. The molecular weight excluding hydrogens is 519 g/mol. The number of carbonyl (C=O) groups excluding carboxylic acids is 1. The summed E-state index contributed by atoms with van der Waals surface area (Å²) >= 11 is 5.36. The van der Waals surface area contributed by atoms with Gasteiger partial charge in [-0.15, -0.1) is 0 Å². The monoisotopic (exact) mass is 523 g/mol. The minimum atomic E-state index is -8.45. The zero-order valence-electron chi connectivity index (χ0n) is 14.3. The van der Waals surface area contributed by atoms with E-state index < -0.39 is 53.3 Å². The van der Waals surface area contributed by atoms with E-state index in [0.29, 0.717) is 12.1 Å². The van der Waals surface area contributed by atoms with E-state index in [4.69, 9.17) is 11.6 Å². The Morgan fingerprint density at radius 3 is 1.31 bits per heavy atom. The number of alkyl halides is 15. The van der Waals surface area contributed by atoms with Crippen molar-refractivity contribution in [2.45, 2.75) is 41.7 Å². The van der Waals surface area contributed by atoms with Crippen LogP contribution in [-0.4, -0.2) is 47.6 Å². The van der Waals surface area contributed by atoms with Crippen molar-refractivity contribution in [1.29, 1.82) is 0 Å². The first-order chi connectivity index (χ1) is 13.9. The first-order valence-electron chi connectivity index (χ1n) is 7.30.